The molecule has 0 saturated carbocycles. The van der Waals surface area contributed by atoms with Gasteiger partial charge in [0, 0.05) is 13.1 Å². The van der Waals surface area contributed by atoms with Gasteiger partial charge in [0.1, 0.15) is 6.04 Å². The standard InChI is InChI=1S/C15H18N2O4S/c1-10-4-2-3-5-11(10)14-15(21)16-6-7-17(14)12(18)8-22-9-13(19)20/h2-5,14H,6-9H2,1H3,(H,16,21)(H,19,20). The van der Waals surface area contributed by atoms with E-state index in [1.54, 1.807) is 0 Å². The number of amides is 2. The maximum atomic E-state index is 12.4. The Kier molecular flexibility index (Phi) is 5.43. The first-order chi connectivity index (χ1) is 10.5. The zero-order chi connectivity index (χ0) is 16.1. The van der Waals surface area contributed by atoms with Crippen molar-refractivity contribution >= 4 is 29.5 Å². The zero-order valence-electron chi connectivity index (χ0n) is 12.2. The number of carbonyl (C=O) groups excluding carboxylic acids is 2. The van der Waals surface area contributed by atoms with Crippen molar-refractivity contribution in [1.29, 1.82) is 0 Å². The predicted molar refractivity (Wildman–Crippen MR) is 83.6 cm³/mol. The molecule has 1 aromatic carbocycles. The number of benzene rings is 1. The molecule has 0 bridgehead atoms. The number of carboxylic acid groups (broad SMARTS) is 1. The van der Waals surface area contributed by atoms with Crippen molar-refractivity contribution in [3.63, 3.8) is 0 Å². The summed E-state index contributed by atoms with van der Waals surface area (Å²) in [7, 11) is 0. The fourth-order valence-corrected chi connectivity index (χ4v) is 3.06. The van der Waals surface area contributed by atoms with Crippen LogP contribution in [0.25, 0.3) is 0 Å². The molecule has 22 heavy (non-hydrogen) atoms. The van der Waals surface area contributed by atoms with Crippen LogP contribution in [0, 0.1) is 6.92 Å². The van der Waals surface area contributed by atoms with Crippen LogP contribution in [0.15, 0.2) is 24.3 Å². The van der Waals surface area contributed by atoms with Gasteiger partial charge in [0.25, 0.3) is 0 Å². The molecule has 7 heteroatoms. The highest BCUT2D eigenvalue weighted by molar-refractivity contribution is 8.00. The molecule has 0 radical (unpaired) electrons. The summed E-state index contributed by atoms with van der Waals surface area (Å²) in [4.78, 5) is 36.7. The van der Waals surface area contributed by atoms with E-state index in [1.807, 2.05) is 31.2 Å². The molecule has 2 rings (SSSR count). The van der Waals surface area contributed by atoms with Gasteiger partial charge in [0.2, 0.25) is 11.8 Å². The minimum absolute atomic E-state index is 0.0575. The third kappa shape index (κ3) is 3.79. The lowest BCUT2D eigenvalue weighted by Crippen LogP contribution is -2.52. The van der Waals surface area contributed by atoms with Crippen LogP contribution in [-0.4, -0.2) is 52.4 Å². The van der Waals surface area contributed by atoms with Crippen LogP contribution in [0.3, 0.4) is 0 Å². The van der Waals surface area contributed by atoms with E-state index >= 15 is 0 Å². The lowest BCUT2D eigenvalue weighted by Gasteiger charge is -2.36. The molecule has 2 amide bonds. The molecule has 118 valence electrons. The number of hydrogen-bond donors (Lipinski definition) is 2. The van der Waals surface area contributed by atoms with E-state index in [0.29, 0.717) is 13.1 Å². The second kappa shape index (κ2) is 7.31. The van der Waals surface area contributed by atoms with Crippen LogP contribution < -0.4 is 5.32 Å². The largest absolute Gasteiger partial charge is 0.481 e. The summed E-state index contributed by atoms with van der Waals surface area (Å²) in [6.45, 7) is 2.74. The highest BCUT2D eigenvalue weighted by atomic mass is 32.2. The summed E-state index contributed by atoms with van der Waals surface area (Å²) in [5.41, 5.74) is 1.75. The Morgan fingerprint density at radius 3 is 2.77 bits per heavy atom. The van der Waals surface area contributed by atoms with Crippen LogP contribution in [0.4, 0.5) is 0 Å². The summed E-state index contributed by atoms with van der Waals surface area (Å²) in [5.74, 6) is -1.43. The lowest BCUT2D eigenvalue weighted by molar-refractivity contribution is -0.141. The normalized spacial score (nSPS) is 18.0. The maximum Gasteiger partial charge on any atom is 0.313 e. The summed E-state index contributed by atoms with van der Waals surface area (Å²) >= 11 is 1.04. The van der Waals surface area contributed by atoms with Gasteiger partial charge in [-0.1, -0.05) is 24.3 Å². The van der Waals surface area contributed by atoms with Crippen molar-refractivity contribution < 1.29 is 19.5 Å². The Morgan fingerprint density at radius 2 is 2.09 bits per heavy atom. The van der Waals surface area contributed by atoms with Crippen molar-refractivity contribution in [3.05, 3.63) is 35.4 Å². The molecule has 1 fully saturated rings. The summed E-state index contributed by atoms with van der Waals surface area (Å²) < 4.78 is 0. The van der Waals surface area contributed by atoms with E-state index in [-0.39, 0.29) is 23.3 Å². The number of aliphatic carboxylic acids is 1. The highest BCUT2D eigenvalue weighted by Gasteiger charge is 2.34. The molecule has 1 heterocycles. The van der Waals surface area contributed by atoms with Crippen LogP contribution >= 0.6 is 11.8 Å². The van der Waals surface area contributed by atoms with E-state index in [9.17, 15) is 14.4 Å². The van der Waals surface area contributed by atoms with Gasteiger partial charge in [-0.25, -0.2) is 0 Å². The van der Waals surface area contributed by atoms with Gasteiger partial charge in [0.15, 0.2) is 0 Å². The molecule has 1 saturated heterocycles. The quantitative estimate of drug-likeness (QED) is 0.838. The van der Waals surface area contributed by atoms with Crippen molar-refractivity contribution in [1.82, 2.24) is 10.2 Å². The van der Waals surface area contributed by atoms with Gasteiger partial charge in [-0.15, -0.1) is 11.8 Å². The summed E-state index contributed by atoms with van der Waals surface area (Å²) in [6, 6.07) is 6.82. The second-order valence-corrected chi connectivity index (χ2v) is 6.01. The van der Waals surface area contributed by atoms with E-state index in [0.717, 1.165) is 22.9 Å². The zero-order valence-corrected chi connectivity index (χ0v) is 13.1. The molecule has 1 unspecified atom stereocenters. The van der Waals surface area contributed by atoms with Crippen molar-refractivity contribution in [2.75, 3.05) is 24.6 Å². The van der Waals surface area contributed by atoms with Gasteiger partial charge in [0.05, 0.1) is 11.5 Å². The Hall–Kier alpha value is -2.02. The average molecular weight is 322 g/mol. The number of rotatable bonds is 5. The van der Waals surface area contributed by atoms with Crippen LogP contribution in [0.1, 0.15) is 17.2 Å². The number of nitrogens with zero attached hydrogens (tertiary/aromatic N) is 1. The average Bonchev–Trinajstić information content (AvgIpc) is 2.47. The number of carboxylic acids is 1. The molecule has 1 aliphatic heterocycles. The molecule has 6 nitrogen and oxygen atoms in total. The summed E-state index contributed by atoms with van der Waals surface area (Å²) in [6.07, 6.45) is 0. The second-order valence-electron chi connectivity index (χ2n) is 5.02. The molecule has 2 N–H and O–H groups in total. The number of nitrogens with one attached hydrogen (secondary N) is 1. The van der Waals surface area contributed by atoms with Crippen LogP contribution in [-0.2, 0) is 14.4 Å². The third-order valence-electron chi connectivity index (χ3n) is 3.47. The molecular weight excluding hydrogens is 304 g/mol. The van der Waals surface area contributed by atoms with Gasteiger partial charge >= 0.3 is 5.97 Å². The molecule has 0 spiro atoms. The molecule has 1 aliphatic rings. The fraction of sp³-hybridized carbons (Fsp3) is 0.400. The van der Waals surface area contributed by atoms with Gasteiger partial charge in [-0.2, -0.15) is 0 Å². The maximum absolute atomic E-state index is 12.4. The SMILES string of the molecule is Cc1ccccc1C1C(=O)NCCN1C(=O)CSCC(=O)O. The Balaban J connectivity index is 2.17. The lowest BCUT2D eigenvalue weighted by atomic mass is 9.98. The number of piperazine rings is 1. The highest BCUT2D eigenvalue weighted by Crippen LogP contribution is 2.26. The number of hydrogen-bond acceptors (Lipinski definition) is 4. The number of aryl methyl sites for hydroxylation is 1. The first kappa shape index (κ1) is 16.4. The molecule has 1 atom stereocenters. The van der Waals surface area contributed by atoms with Gasteiger partial charge in [-0.3, -0.25) is 14.4 Å². The Morgan fingerprint density at radius 1 is 1.36 bits per heavy atom. The molecule has 1 aromatic rings. The van der Waals surface area contributed by atoms with Crippen molar-refractivity contribution in [2.24, 2.45) is 0 Å². The van der Waals surface area contributed by atoms with E-state index in [1.165, 1.54) is 4.90 Å². The number of carbonyl (C=O) groups is 3. The Bertz CT molecular complexity index is 591. The predicted octanol–water partition coefficient (Wildman–Crippen LogP) is 0.812. The minimum Gasteiger partial charge on any atom is -0.481 e. The molecule has 0 aliphatic carbocycles. The minimum atomic E-state index is -0.954. The monoisotopic (exact) mass is 322 g/mol. The fourth-order valence-electron chi connectivity index (χ4n) is 2.45. The molecular formula is C15H18N2O4S. The van der Waals surface area contributed by atoms with Crippen molar-refractivity contribution in [3.8, 4) is 0 Å². The van der Waals surface area contributed by atoms with E-state index in [4.69, 9.17) is 5.11 Å². The summed E-state index contributed by atoms with van der Waals surface area (Å²) in [5, 5.41) is 11.4. The van der Waals surface area contributed by atoms with Gasteiger partial charge < -0.3 is 15.3 Å². The molecule has 0 aromatic heterocycles. The van der Waals surface area contributed by atoms with Crippen LogP contribution in [0.5, 0.6) is 0 Å². The first-order valence-electron chi connectivity index (χ1n) is 6.93. The third-order valence-corrected chi connectivity index (χ3v) is 4.37. The Labute approximate surface area is 132 Å². The van der Waals surface area contributed by atoms with Crippen LogP contribution in [0.2, 0.25) is 0 Å². The van der Waals surface area contributed by atoms with Gasteiger partial charge in [-0.05, 0) is 18.1 Å². The van der Waals surface area contributed by atoms with E-state index < -0.39 is 12.0 Å². The van der Waals surface area contributed by atoms with E-state index in [2.05, 4.69) is 5.32 Å². The first-order valence-corrected chi connectivity index (χ1v) is 8.08. The van der Waals surface area contributed by atoms with Crippen molar-refractivity contribution in [2.45, 2.75) is 13.0 Å². The number of thioether (sulfide) groups is 1. The smallest absolute Gasteiger partial charge is 0.313 e. The topological polar surface area (TPSA) is 86.7 Å².